The minimum Gasteiger partial charge on any atom is -0.444 e. The van der Waals surface area contributed by atoms with Gasteiger partial charge >= 0.3 is 6.09 Å². The summed E-state index contributed by atoms with van der Waals surface area (Å²) in [7, 11) is 5.62. The molecule has 1 aliphatic rings. The third-order valence-electron chi connectivity index (χ3n) is 3.42. The normalized spacial score (nSPS) is 17.6. The number of amides is 2. The molecule has 2 rings (SSSR count). The van der Waals surface area contributed by atoms with Crippen molar-refractivity contribution in [1.29, 1.82) is 0 Å². The Hall–Kier alpha value is -2.24. The zero-order valence-corrected chi connectivity index (χ0v) is 12.6. The molecule has 1 fully saturated rings. The minimum absolute atomic E-state index is 0.0711. The van der Waals surface area contributed by atoms with Gasteiger partial charge in [0.15, 0.2) is 0 Å². The quantitative estimate of drug-likeness (QED) is 0.900. The van der Waals surface area contributed by atoms with Crippen molar-refractivity contribution in [2.24, 2.45) is 0 Å². The molecule has 1 aromatic rings. The fourth-order valence-electron chi connectivity index (χ4n) is 2.16. The van der Waals surface area contributed by atoms with E-state index in [9.17, 15) is 9.59 Å². The summed E-state index contributed by atoms with van der Waals surface area (Å²) in [4.78, 5) is 26.6. The van der Waals surface area contributed by atoms with Crippen LogP contribution in [0.25, 0.3) is 0 Å². The fraction of sp³-hybridized carbons (Fsp3) is 0.467. The first-order valence-electron chi connectivity index (χ1n) is 6.94. The van der Waals surface area contributed by atoms with Gasteiger partial charge in [-0.3, -0.25) is 4.79 Å². The number of rotatable bonds is 5. The monoisotopic (exact) mass is 291 g/mol. The molecule has 0 aromatic heterocycles. The Labute approximate surface area is 124 Å². The molecule has 1 N–H and O–H groups in total. The van der Waals surface area contributed by atoms with E-state index in [0.717, 1.165) is 11.4 Å². The van der Waals surface area contributed by atoms with Gasteiger partial charge in [-0.15, -0.1) is 0 Å². The zero-order valence-electron chi connectivity index (χ0n) is 12.6. The highest BCUT2D eigenvalue weighted by Crippen LogP contribution is 2.17. The molecule has 114 valence electrons. The second kappa shape index (κ2) is 6.47. The molecule has 1 atom stereocenters. The number of anilines is 2. The Morgan fingerprint density at radius 2 is 2.05 bits per heavy atom. The molecular weight excluding hydrogens is 270 g/mol. The molecule has 1 saturated heterocycles. The number of benzene rings is 1. The second-order valence-electron chi connectivity index (χ2n) is 5.41. The number of hydrogen-bond donors (Lipinski definition) is 1. The number of nitrogens with zero attached hydrogens (tertiary/aromatic N) is 2. The smallest absolute Gasteiger partial charge is 0.409 e. The summed E-state index contributed by atoms with van der Waals surface area (Å²) >= 11 is 0. The van der Waals surface area contributed by atoms with E-state index in [0.29, 0.717) is 19.4 Å². The lowest BCUT2D eigenvalue weighted by atomic mass is 10.2. The summed E-state index contributed by atoms with van der Waals surface area (Å²) in [5.41, 5.74) is 1.85. The van der Waals surface area contributed by atoms with Crippen molar-refractivity contribution in [1.82, 2.24) is 4.90 Å². The highest BCUT2D eigenvalue weighted by molar-refractivity contribution is 5.90. The van der Waals surface area contributed by atoms with Crippen LogP contribution in [0.2, 0.25) is 0 Å². The van der Waals surface area contributed by atoms with Crippen molar-refractivity contribution < 1.29 is 14.3 Å². The standard InChI is InChI=1S/C15H21N3O3/c1-17(2)12-6-4-11(5-7-12)16-14(19)9-8-13-10-18(3)15(20)21-13/h4-7,13H,8-10H2,1-3H3,(H,16,19). The van der Waals surface area contributed by atoms with Gasteiger partial charge in [0, 0.05) is 38.9 Å². The second-order valence-corrected chi connectivity index (χ2v) is 5.41. The van der Waals surface area contributed by atoms with Crippen molar-refractivity contribution in [3.05, 3.63) is 24.3 Å². The first kappa shape index (κ1) is 15.2. The van der Waals surface area contributed by atoms with Crippen LogP contribution in [0.5, 0.6) is 0 Å². The van der Waals surface area contributed by atoms with E-state index in [-0.39, 0.29) is 18.1 Å². The topological polar surface area (TPSA) is 61.9 Å². The lowest BCUT2D eigenvalue weighted by molar-refractivity contribution is -0.116. The molecular formula is C15H21N3O3. The van der Waals surface area contributed by atoms with Crippen LogP contribution in [-0.4, -0.2) is 50.7 Å². The Bertz CT molecular complexity index is 513. The van der Waals surface area contributed by atoms with E-state index >= 15 is 0 Å². The maximum absolute atomic E-state index is 11.9. The van der Waals surface area contributed by atoms with E-state index in [2.05, 4.69) is 5.32 Å². The molecule has 0 radical (unpaired) electrons. The average molecular weight is 291 g/mol. The van der Waals surface area contributed by atoms with Gasteiger partial charge < -0.3 is 19.9 Å². The number of cyclic esters (lactones) is 1. The Morgan fingerprint density at radius 1 is 1.38 bits per heavy atom. The van der Waals surface area contributed by atoms with E-state index in [1.54, 1.807) is 7.05 Å². The molecule has 21 heavy (non-hydrogen) atoms. The van der Waals surface area contributed by atoms with Crippen LogP contribution in [0, 0.1) is 0 Å². The molecule has 1 unspecified atom stereocenters. The molecule has 0 bridgehead atoms. The summed E-state index contributed by atoms with van der Waals surface area (Å²) in [5, 5.41) is 2.84. The maximum Gasteiger partial charge on any atom is 0.409 e. The van der Waals surface area contributed by atoms with Crippen LogP contribution in [0.1, 0.15) is 12.8 Å². The number of carbonyl (C=O) groups is 2. The highest BCUT2D eigenvalue weighted by Gasteiger charge is 2.28. The van der Waals surface area contributed by atoms with Gasteiger partial charge in [-0.1, -0.05) is 0 Å². The summed E-state index contributed by atoms with van der Waals surface area (Å²) in [6.07, 6.45) is 0.364. The summed E-state index contributed by atoms with van der Waals surface area (Å²) in [6.45, 7) is 0.545. The predicted octanol–water partition coefficient (Wildman–Crippen LogP) is 1.92. The number of likely N-dealkylation sites (N-methyl/N-ethyl adjacent to an activating group) is 1. The Kier molecular flexibility index (Phi) is 4.67. The predicted molar refractivity (Wildman–Crippen MR) is 81.5 cm³/mol. The molecule has 6 heteroatoms. The van der Waals surface area contributed by atoms with Gasteiger partial charge in [0.05, 0.1) is 6.54 Å². The molecule has 2 amide bonds. The fourth-order valence-corrected chi connectivity index (χ4v) is 2.16. The van der Waals surface area contributed by atoms with Crippen molar-refractivity contribution in [2.45, 2.75) is 18.9 Å². The van der Waals surface area contributed by atoms with E-state index in [1.165, 1.54) is 4.90 Å². The maximum atomic E-state index is 11.9. The molecule has 0 aliphatic carbocycles. The first-order chi connectivity index (χ1) is 9.95. The third kappa shape index (κ3) is 4.11. The largest absolute Gasteiger partial charge is 0.444 e. The SMILES string of the molecule is CN1CC(CCC(=O)Nc2ccc(N(C)C)cc2)OC1=O. The van der Waals surface area contributed by atoms with Crippen LogP contribution in [0.15, 0.2) is 24.3 Å². The zero-order chi connectivity index (χ0) is 15.4. The van der Waals surface area contributed by atoms with Gasteiger partial charge in [0.1, 0.15) is 6.10 Å². The Balaban J connectivity index is 1.78. The molecule has 1 heterocycles. The number of carbonyl (C=O) groups excluding carboxylic acids is 2. The minimum atomic E-state index is -0.320. The summed E-state index contributed by atoms with van der Waals surface area (Å²) in [6, 6.07) is 7.64. The van der Waals surface area contributed by atoms with Gasteiger partial charge in [0.2, 0.25) is 5.91 Å². The lowest BCUT2D eigenvalue weighted by Crippen LogP contribution is -2.20. The average Bonchev–Trinajstić information content (AvgIpc) is 2.76. The summed E-state index contributed by atoms with van der Waals surface area (Å²) < 4.78 is 5.12. The number of ether oxygens (including phenoxy) is 1. The molecule has 1 aromatic carbocycles. The lowest BCUT2D eigenvalue weighted by Gasteiger charge is -2.13. The van der Waals surface area contributed by atoms with E-state index in [1.807, 2.05) is 43.3 Å². The van der Waals surface area contributed by atoms with Crippen molar-refractivity contribution in [2.75, 3.05) is 37.9 Å². The van der Waals surface area contributed by atoms with E-state index < -0.39 is 0 Å². The molecule has 6 nitrogen and oxygen atoms in total. The van der Waals surface area contributed by atoms with Crippen LogP contribution >= 0.6 is 0 Å². The van der Waals surface area contributed by atoms with Crippen molar-refractivity contribution >= 4 is 23.4 Å². The van der Waals surface area contributed by atoms with Crippen LogP contribution in [0.3, 0.4) is 0 Å². The molecule has 1 aliphatic heterocycles. The van der Waals surface area contributed by atoms with Gasteiger partial charge in [-0.2, -0.15) is 0 Å². The van der Waals surface area contributed by atoms with Gasteiger partial charge in [-0.25, -0.2) is 4.79 Å². The molecule has 0 saturated carbocycles. The van der Waals surface area contributed by atoms with E-state index in [4.69, 9.17) is 4.74 Å². The molecule has 0 spiro atoms. The van der Waals surface area contributed by atoms with Crippen molar-refractivity contribution in [3.63, 3.8) is 0 Å². The third-order valence-corrected chi connectivity index (χ3v) is 3.42. The van der Waals surface area contributed by atoms with Gasteiger partial charge in [-0.05, 0) is 30.7 Å². The Morgan fingerprint density at radius 3 is 2.57 bits per heavy atom. The van der Waals surface area contributed by atoms with Crippen LogP contribution in [-0.2, 0) is 9.53 Å². The summed E-state index contributed by atoms with van der Waals surface area (Å²) in [5.74, 6) is -0.0711. The van der Waals surface area contributed by atoms with Crippen LogP contribution < -0.4 is 10.2 Å². The van der Waals surface area contributed by atoms with Crippen LogP contribution in [0.4, 0.5) is 16.2 Å². The van der Waals surface area contributed by atoms with Crippen molar-refractivity contribution in [3.8, 4) is 0 Å². The number of hydrogen-bond acceptors (Lipinski definition) is 4. The number of nitrogens with one attached hydrogen (secondary N) is 1. The first-order valence-corrected chi connectivity index (χ1v) is 6.94. The van der Waals surface area contributed by atoms with Gasteiger partial charge in [0.25, 0.3) is 0 Å². The highest BCUT2D eigenvalue weighted by atomic mass is 16.6.